The highest BCUT2D eigenvalue weighted by Crippen LogP contribution is 2.44. The van der Waals surface area contributed by atoms with Gasteiger partial charge in [0.05, 0.1) is 12.2 Å². The Kier molecular flexibility index (Phi) is 11.3. The monoisotopic (exact) mass is 577 g/mol. The van der Waals surface area contributed by atoms with Gasteiger partial charge in [0.1, 0.15) is 0 Å². The summed E-state index contributed by atoms with van der Waals surface area (Å²) in [6.45, 7) is 11.5. The van der Waals surface area contributed by atoms with Gasteiger partial charge in [-0.25, -0.2) is 0 Å². The van der Waals surface area contributed by atoms with E-state index in [1.807, 2.05) is 6.92 Å². The maximum atomic E-state index is 13.4. The Morgan fingerprint density at radius 3 is 1.98 bits per heavy atom. The number of nitrogens with zero attached hydrogens (tertiary/aromatic N) is 1. The molecule has 0 bridgehead atoms. The first-order chi connectivity index (χ1) is 19.4. The van der Waals surface area contributed by atoms with Crippen molar-refractivity contribution in [2.24, 2.45) is 29.1 Å². The van der Waals surface area contributed by atoms with E-state index in [2.05, 4.69) is 25.7 Å². The zero-order valence-corrected chi connectivity index (χ0v) is 26.0. The van der Waals surface area contributed by atoms with E-state index < -0.39 is 11.7 Å². The van der Waals surface area contributed by atoms with Gasteiger partial charge in [0.25, 0.3) is 0 Å². The number of hydrogen-bond donors (Lipinski definition) is 0. The molecule has 4 rings (SSSR count). The Bertz CT molecular complexity index is 940. The first kappa shape index (κ1) is 32.4. The maximum Gasteiger partial charge on any atom is 0.416 e. The SMILES string of the molecule is CCOC(=O)C[C@@H]1CC[C@@H](N(CC2CCCCC2)CC2CCC(C(C)(C)C)CC2)[C@H](c2ccc(C(F)(F)F)cc2)C1. The molecule has 3 aliphatic rings. The van der Waals surface area contributed by atoms with Crippen LogP contribution in [0.4, 0.5) is 13.2 Å². The molecule has 0 saturated heterocycles. The minimum Gasteiger partial charge on any atom is -0.466 e. The summed E-state index contributed by atoms with van der Waals surface area (Å²) in [6, 6.07) is 6.22. The van der Waals surface area contributed by atoms with Crippen molar-refractivity contribution in [3.63, 3.8) is 0 Å². The molecule has 6 heteroatoms. The molecule has 1 aromatic carbocycles. The van der Waals surface area contributed by atoms with Crippen LogP contribution in [0.5, 0.6) is 0 Å². The lowest BCUT2D eigenvalue weighted by Crippen LogP contribution is -2.48. The van der Waals surface area contributed by atoms with Crippen LogP contribution < -0.4 is 0 Å². The smallest absolute Gasteiger partial charge is 0.416 e. The van der Waals surface area contributed by atoms with E-state index in [4.69, 9.17) is 4.74 Å². The van der Waals surface area contributed by atoms with Crippen LogP contribution >= 0.6 is 0 Å². The number of carbonyl (C=O) groups excluding carboxylic acids is 1. The molecule has 0 aliphatic heterocycles. The third-order valence-electron chi connectivity index (χ3n) is 10.6. The van der Waals surface area contributed by atoms with Crippen LogP contribution in [0.1, 0.15) is 128 Å². The van der Waals surface area contributed by atoms with E-state index in [0.717, 1.165) is 43.8 Å². The Labute approximate surface area is 247 Å². The lowest BCUT2D eigenvalue weighted by Gasteiger charge is -2.46. The standard InChI is InChI=1S/C35H54F3NO2/c1-5-41-33(40)22-27-13-20-32(31(21-27)28-14-18-30(19-15-28)35(36,37)38)39(23-25-9-7-6-8-10-25)24-26-11-16-29(17-12-26)34(2,3)4/h14-15,18-19,25-27,29,31-32H,5-13,16-17,20-24H2,1-4H3/t26?,27-,29?,31+,32-/m1/s1. The minimum absolute atomic E-state index is 0.125. The Balaban J connectivity index is 1.56. The number of alkyl halides is 3. The third kappa shape index (κ3) is 9.21. The highest BCUT2D eigenvalue weighted by atomic mass is 19.4. The highest BCUT2D eigenvalue weighted by molar-refractivity contribution is 5.69. The second-order valence-corrected chi connectivity index (χ2v) is 14.5. The van der Waals surface area contributed by atoms with Gasteiger partial charge in [0.15, 0.2) is 0 Å². The van der Waals surface area contributed by atoms with Crippen LogP contribution in [0.2, 0.25) is 0 Å². The van der Waals surface area contributed by atoms with Gasteiger partial charge in [-0.2, -0.15) is 13.2 Å². The zero-order valence-electron chi connectivity index (χ0n) is 26.0. The first-order valence-electron chi connectivity index (χ1n) is 16.5. The van der Waals surface area contributed by atoms with Crippen LogP contribution in [0.15, 0.2) is 24.3 Å². The molecule has 0 aromatic heterocycles. The molecule has 3 saturated carbocycles. The van der Waals surface area contributed by atoms with E-state index in [1.165, 1.54) is 69.9 Å². The summed E-state index contributed by atoms with van der Waals surface area (Å²) in [4.78, 5) is 15.2. The number of esters is 1. The average Bonchev–Trinajstić information content (AvgIpc) is 2.93. The van der Waals surface area contributed by atoms with Crippen LogP contribution in [0.3, 0.4) is 0 Å². The van der Waals surface area contributed by atoms with Crippen molar-refractivity contribution < 1.29 is 22.7 Å². The molecule has 0 unspecified atom stereocenters. The Morgan fingerprint density at radius 2 is 1.41 bits per heavy atom. The normalized spacial score (nSPS) is 28.5. The molecule has 41 heavy (non-hydrogen) atoms. The molecule has 232 valence electrons. The fraction of sp³-hybridized carbons (Fsp3) is 0.800. The predicted octanol–water partition coefficient (Wildman–Crippen LogP) is 9.65. The van der Waals surface area contributed by atoms with Crippen LogP contribution in [0.25, 0.3) is 0 Å². The van der Waals surface area contributed by atoms with Crippen LogP contribution in [-0.2, 0) is 15.7 Å². The van der Waals surface area contributed by atoms with Gasteiger partial charge in [0, 0.05) is 25.6 Å². The number of benzene rings is 1. The first-order valence-corrected chi connectivity index (χ1v) is 16.5. The van der Waals surface area contributed by atoms with Crippen molar-refractivity contribution in [3.05, 3.63) is 35.4 Å². The fourth-order valence-corrected chi connectivity index (χ4v) is 8.19. The van der Waals surface area contributed by atoms with E-state index in [1.54, 1.807) is 12.1 Å². The molecule has 0 spiro atoms. The fourth-order valence-electron chi connectivity index (χ4n) is 8.19. The maximum absolute atomic E-state index is 13.4. The van der Waals surface area contributed by atoms with Gasteiger partial charge < -0.3 is 4.74 Å². The molecule has 3 fully saturated rings. The van der Waals surface area contributed by atoms with E-state index in [0.29, 0.717) is 36.3 Å². The summed E-state index contributed by atoms with van der Waals surface area (Å²) in [5, 5.41) is 0. The molecule has 0 radical (unpaired) electrons. The number of rotatable bonds is 9. The quantitative estimate of drug-likeness (QED) is 0.274. The van der Waals surface area contributed by atoms with Gasteiger partial charge in [0.2, 0.25) is 0 Å². The molecule has 1 aromatic rings. The summed E-state index contributed by atoms with van der Waals surface area (Å²) in [7, 11) is 0. The lowest BCUT2D eigenvalue weighted by atomic mass is 9.69. The van der Waals surface area contributed by atoms with Gasteiger partial charge >= 0.3 is 12.1 Å². The molecule has 3 nitrogen and oxygen atoms in total. The van der Waals surface area contributed by atoms with Crippen molar-refractivity contribution in [2.75, 3.05) is 19.7 Å². The van der Waals surface area contributed by atoms with Crippen LogP contribution in [0, 0.1) is 29.1 Å². The summed E-state index contributed by atoms with van der Waals surface area (Å²) in [6.07, 6.45) is 10.5. The number of carbonyl (C=O) groups is 1. The zero-order chi connectivity index (χ0) is 29.6. The average molecular weight is 578 g/mol. The molecule has 0 heterocycles. The van der Waals surface area contributed by atoms with Gasteiger partial charge in [-0.1, -0.05) is 52.2 Å². The minimum atomic E-state index is -4.34. The third-order valence-corrected chi connectivity index (χ3v) is 10.6. The number of hydrogen-bond acceptors (Lipinski definition) is 3. The summed E-state index contributed by atoms with van der Waals surface area (Å²) >= 11 is 0. The van der Waals surface area contributed by atoms with E-state index in [9.17, 15) is 18.0 Å². The molecule has 0 N–H and O–H groups in total. The van der Waals surface area contributed by atoms with Crippen molar-refractivity contribution in [1.82, 2.24) is 4.90 Å². The highest BCUT2D eigenvalue weighted by Gasteiger charge is 2.39. The summed E-state index contributed by atoms with van der Waals surface area (Å²) in [5.74, 6) is 2.35. The molecular formula is C35H54F3NO2. The number of ether oxygens (including phenoxy) is 1. The largest absolute Gasteiger partial charge is 0.466 e. The summed E-state index contributed by atoms with van der Waals surface area (Å²) in [5.41, 5.74) is 0.755. The molecule has 3 atom stereocenters. The van der Waals surface area contributed by atoms with E-state index in [-0.39, 0.29) is 17.8 Å². The predicted molar refractivity (Wildman–Crippen MR) is 160 cm³/mol. The van der Waals surface area contributed by atoms with Crippen LogP contribution in [-0.4, -0.2) is 36.6 Å². The van der Waals surface area contributed by atoms with Crippen molar-refractivity contribution in [1.29, 1.82) is 0 Å². The van der Waals surface area contributed by atoms with Crippen molar-refractivity contribution in [2.45, 2.75) is 129 Å². The van der Waals surface area contributed by atoms with Gasteiger partial charge in [-0.3, -0.25) is 9.69 Å². The topological polar surface area (TPSA) is 29.5 Å². The van der Waals surface area contributed by atoms with Gasteiger partial charge in [-0.15, -0.1) is 0 Å². The molecule has 0 amide bonds. The summed E-state index contributed by atoms with van der Waals surface area (Å²) < 4.78 is 45.5. The molecular weight excluding hydrogens is 523 g/mol. The lowest BCUT2D eigenvalue weighted by molar-refractivity contribution is -0.144. The van der Waals surface area contributed by atoms with Crippen molar-refractivity contribution >= 4 is 5.97 Å². The Hall–Kier alpha value is -1.56. The Morgan fingerprint density at radius 1 is 0.829 bits per heavy atom. The van der Waals surface area contributed by atoms with Crippen molar-refractivity contribution in [3.8, 4) is 0 Å². The molecule has 3 aliphatic carbocycles. The van der Waals surface area contributed by atoms with E-state index >= 15 is 0 Å². The number of halogens is 3. The second-order valence-electron chi connectivity index (χ2n) is 14.5. The van der Waals surface area contributed by atoms with Gasteiger partial charge in [-0.05, 0) is 117 Å². The second kappa shape index (κ2) is 14.3.